The molecule has 1 atom stereocenters. The van der Waals surface area contributed by atoms with Gasteiger partial charge in [0.2, 0.25) is 0 Å². The van der Waals surface area contributed by atoms with Crippen LogP contribution in [0.25, 0.3) is 0 Å². The van der Waals surface area contributed by atoms with E-state index in [1.165, 1.54) is 0 Å². The maximum Gasteiger partial charge on any atom is 0.119 e. The molecule has 0 radical (unpaired) electrons. The van der Waals surface area contributed by atoms with Crippen molar-refractivity contribution in [3.05, 3.63) is 94.0 Å². The standard InChI is InChI=1S/C28H29ClN4O3/c1-20-16-25(36-15-14-34)10-11-27(20)33-13-12-32(19-28(33)23-6-8-24(29)9-7-23)18-26(31-35)22-4-2-21(17-30)3-5-22/h2-11,16,28,34-35H,12-15,18-19H2,1H3/b31-26+/t28-/m0/s1. The highest BCUT2D eigenvalue weighted by molar-refractivity contribution is 6.30. The summed E-state index contributed by atoms with van der Waals surface area (Å²) in [5.74, 6) is 0.734. The van der Waals surface area contributed by atoms with Crippen LogP contribution in [0.1, 0.15) is 28.3 Å². The summed E-state index contributed by atoms with van der Waals surface area (Å²) in [5, 5.41) is 32.1. The molecule has 3 aromatic rings. The van der Waals surface area contributed by atoms with E-state index in [0.717, 1.165) is 47.8 Å². The molecule has 7 nitrogen and oxygen atoms in total. The molecule has 8 heteroatoms. The van der Waals surface area contributed by atoms with Crippen LogP contribution < -0.4 is 9.64 Å². The van der Waals surface area contributed by atoms with Crippen molar-refractivity contribution in [1.82, 2.24) is 4.90 Å². The Morgan fingerprint density at radius 2 is 1.86 bits per heavy atom. The van der Waals surface area contributed by atoms with Crippen LogP contribution >= 0.6 is 11.6 Å². The van der Waals surface area contributed by atoms with Gasteiger partial charge in [0, 0.05) is 42.5 Å². The number of hydrogen-bond donors (Lipinski definition) is 2. The van der Waals surface area contributed by atoms with E-state index >= 15 is 0 Å². The number of oxime groups is 1. The van der Waals surface area contributed by atoms with Crippen LogP contribution in [0.4, 0.5) is 5.69 Å². The van der Waals surface area contributed by atoms with Gasteiger partial charge in [0.25, 0.3) is 0 Å². The first-order chi connectivity index (χ1) is 17.5. The Morgan fingerprint density at radius 3 is 2.50 bits per heavy atom. The van der Waals surface area contributed by atoms with Gasteiger partial charge in [-0.05, 0) is 60.5 Å². The first-order valence-electron chi connectivity index (χ1n) is 11.8. The fourth-order valence-electron chi connectivity index (χ4n) is 4.57. The monoisotopic (exact) mass is 504 g/mol. The zero-order chi connectivity index (χ0) is 25.5. The third-order valence-electron chi connectivity index (χ3n) is 6.40. The SMILES string of the molecule is Cc1cc(OCCO)ccc1N1CCN(C/C(=N\O)c2ccc(C#N)cc2)C[C@H]1c1ccc(Cl)cc1. The summed E-state index contributed by atoms with van der Waals surface area (Å²) < 4.78 is 5.59. The lowest BCUT2D eigenvalue weighted by atomic mass is 9.99. The van der Waals surface area contributed by atoms with E-state index < -0.39 is 0 Å². The number of benzene rings is 3. The molecular weight excluding hydrogens is 476 g/mol. The number of piperazine rings is 1. The first-order valence-corrected chi connectivity index (χ1v) is 12.2. The highest BCUT2D eigenvalue weighted by Crippen LogP contribution is 2.35. The second kappa shape index (κ2) is 11.9. The summed E-state index contributed by atoms with van der Waals surface area (Å²) in [6.45, 7) is 5.06. The zero-order valence-corrected chi connectivity index (χ0v) is 20.9. The summed E-state index contributed by atoms with van der Waals surface area (Å²) >= 11 is 6.17. The van der Waals surface area contributed by atoms with Crippen LogP contribution in [-0.2, 0) is 0 Å². The van der Waals surface area contributed by atoms with Crippen LogP contribution in [0, 0.1) is 18.3 Å². The Morgan fingerprint density at radius 1 is 1.11 bits per heavy atom. The van der Waals surface area contributed by atoms with Crippen LogP contribution in [0.5, 0.6) is 5.75 Å². The van der Waals surface area contributed by atoms with Crippen molar-refractivity contribution in [2.24, 2.45) is 5.16 Å². The third kappa shape index (κ3) is 5.97. The van der Waals surface area contributed by atoms with Crippen molar-refractivity contribution >= 4 is 23.0 Å². The Hall–Kier alpha value is -3.57. The van der Waals surface area contributed by atoms with Crippen molar-refractivity contribution in [2.75, 3.05) is 44.3 Å². The molecule has 2 N–H and O–H groups in total. The zero-order valence-electron chi connectivity index (χ0n) is 20.1. The lowest BCUT2D eigenvalue weighted by Gasteiger charge is -2.43. The number of nitrogens with zero attached hydrogens (tertiary/aromatic N) is 4. The van der Waals surface area contributed by atoms with E-state index in [1.54, 1.807) is 12.1 Å². The second-order valence-electron chi connectivity index (χ2n) is 8.75. The molecular formula is C28H29ClN4O3. The van der Waals surface area contributed by atoms with E-state index in [9.17, 15) is 5.21 Å². The minimum absolute atomic E-state index is 0.0248. The van der Waals surface area contributed by atoms with Crippen molar-refractivity contribution in [2.45, 2.75) is 13.0 Å². The molecule has 0 aromatic heterocycles. The van der Waals surface area contributed by atoms with Crippen molar-refractivity contribution in [3.8, 4) is 11.8 Å². The third-order valence-corrected chi connectivity index (χ3v) is 6.65. The van der Waals surface area contributed by atoms with Crippen molar-refractivity contribution < 1.29 is 15.1 Å². The Kier molecular flexibility index (Phi) is 8.44. The average molecular weight is 505 g/mol. The number of aliphatic hydroxyl groups excluding tert-OH is 1. The summed E-state index contributed by atoms with van der Waals surface area (Å²) in [7, 11) is 0. The maximum absolute atomic E-state index is 9.75. The smallest absolute Gasteiger partial charge is 0.119 e. The first kappa shape index (κ1) is 25.5. The number of aliphatic hydroxyl groups is 1. The summed E-state index contributed by atoms with van der Waals surface area (Å²) in [4.78, 5) is 4.67. The number of halogens is 1. The molecule has 0 unspecified atom stereocenters. The predicted octanol–water partition coefficient (Wildman–Crippen LogP) is 4.63. The lowest BCUT2D eigenvalue weighted by Crippen LogP contribution is -2.50. The van der Waals surface area contributed by atoms with Gasteiger partial charge in [-0.25, -0.2) is 0 Å². The normalized spacial score (nSPS) is 16.6. The van der Waals surface area contributed by atoms with Gasteiger partial charge in [-0.15, -0.1) is 0 Å². The van der Waals surface area contributed by atoms with Gasteiger partial charge in [0.05, 0.1) is 24.3 Å². The van der Waals surface area contributed by atoms with Gasteiger partial charge in [0.1, 0.15) is 18.1 Å². The number of hydrogen-bond acceptors (Lipinski definition) is 7. The maximum atomic E-state index is 9.75. The fourth-order valence-corrected chi connectivity index (χ4v) is 4.70. The molecule has 4 rings (SSSR count). The molecule has 1 saturated heterocycles. The molecule has 0 amide bonds. The molecule has 36 heavy (non-hydrogen) atoms. The highest BCUT2D eigenvalue weighted by atomic mass is 35.5. The molecule has 0 saturated carbocycles. The summed E-state index contributed by atoms with van der Waals surface area (Å²) in [6, 6.07) is 23.2. The molecule has 1 aliphatic rings. The van der Waals surface area contributed by atoms with Crippen molar-refractivity contribution in [1.29, 1.82) is 5.26 Å². The molecule has 1 fully saturated rings. The van der Waals surface area contributed by atoms with Crippen LogP contribution in [0.3, 0.4) is 0 Å². The molecule has 0 spiro atoms. The van der Waals surface area contributed by atoms with Crippen molar-refractivity contribution in [3.63, 3.8) is 0 Å². The number of aryl methyl sites for hydroxylation is 1. The van der Waals surface area contributed by atoms with E-state index in [2.05, 4.69) is 46.1 Å². The van der Waals surface area contributed by atoms with E-state index in [0.29, 0.717) is 22.8 Å². The van der Waals surface area contributed by atoms with E-state index in [-0.39, 0.29) is 19.3 Å². The molecule has 0 bridgehead atoms. The Labute approximate surface area is 216 Å². The summed E-state index contributed by atoms with van der Waals surface area (Å²) in [5.41, 5.74) is 5.27. The largest absolute Gasteiger partial charge is 0.491 e. The minimum Gasteiger partial charge on any atom is -0.491 e. The number of nitriles is 1. The predicted molar refractivity (Wildman–Crippen MR) is 141 cm³/mol. The quantitative estimate of drug-likeness (QED) is 0.264. The molecule has 3 aromatic carbocycles. The van der Waals surface area contributed by atoms with Gasteiger partial charge < -0.3 is 20.0 Å². The Bertz CT molecular complexity index is 1240. The second-order valence-corrected chi connectivity index (χ2v) is 9.19. The highest BCUT2D eigenvalue weighted by Gasteiger charge is 2.30. The Balaban J connectivity index is 1.58. The van der Waals surface area contributed by atoms with Crippen LogP contribution in [-0.4, -0.2) is 60.3 Å². The van der Waals surface area contributed by atoms with Gasteiger partial charge in [0.15, 0.2) is 0 Å². The molecule has 1 aliphatic heterocycles. The fraction of sp³-hybridized carbons (Fsp3) is 0.286. The average Bonchev–Trinajstić information content (AvgIpc) is 2.91. The van der Waals surface area contributed by atoms with Gasteiger partial charge in [-0.3, -0.25) is 4.90 Å². The van der Waals surface area contributed by atoms with Crippen LogP contribution in [0.15, 0.2) is 71.9 Å². The summed E-state index contributed by atoms with van der Waals surface area (Å²) in [6.07, 6.45) is 0. The molecule has 0 aliphatic carbocycles. The lowest BCUT2D eigenvalue weighted by molar-refractivity contribution is 0.201. The van der Waals surface area contributed by atoms with E-state index in [1.807, 2.05) is 36.4 Å². The van der Waals surface area contributed by atoms with Gasteiger partial charge >= 0.3 is 0 Å². The van der Waals surface area contributed by atoms with Crippen LogP contribution in [0.2, 0.25) is 5.02 Å². The van der Waals surface area contributed by atoms with Gasteiger partial charge in [-0.2, -0.15) is 5.26 Å². The number of ether oxygens (including phenoxy) is 1. The molecule has 1 heterocycles. The van der Waals surface area contributed by atoms with E-state index in [4.69, 9.17) is 26.7 Å². The topological polar surface area (TPSA) is 92.3 Å². The van der Waals surface area contributed by atoms with Gasteiger partial charge in [-0.1, -0.05) is 41.0 Å². The molecule has 186 valence electrons. The number of anilines is 1. The minimum atomic E-state index is -0.0248. The number of rotatable bonds is 8.